The van der Waals surface area contributed by atoms with E-state index in [-0.39, 0.29) is 0 Å². The van der Waals surface area contributed by atoms with Gasteiger partial charge in [0.1, 0.15) is 5.72 Å². The van der Waals surface area contributed by atoms with Crippen LogP contribution in [0.1, 0.15) is 27.2 Å². The number of rotatable bonds is 6. The lowest BCUT2D eigenvalue weighted by molar-refractivity contribution is 0.00914. The van der Waals surface area contributed by atoms with Gasteiger partial charge in [0.05, 0.1) is 0 Å². The number of hydrogen-bond donors (Lipinski definition) is 1. The second-order valence-corrected chi connectivity index (χ2v) is 6.43. The summed E-state index contributed by atoms with van der Waals surface area (Å²) in [6, 6.07) is 0.792. The molecule has 0 aliphatic carbocycles. The molecule has 0 rings (SSSR count). The summed E-state index contributed by atoms with van der Waals surface area (Å²) in [6.45, 7) is 5.65. The van der Waals surface area contributed by atoms with Gasteiger partial charge in [0.15, 0.2) is 0 Å². The fraction of sp³-hybridized carbons (Fsp3) is 1.00. The summed E-state index contributed by atoms with van der Waals surface area (Å²) in [4.78, 5) is 0. The van der Waals surface area contributed by atoms with Crippen molar-refractivity contribution in [2.45, 2.75) is 39.0 Å². The Balaban J connectivity index is 4.38. The monoisotopic (exact) mass is 207 g/mol. The summed E-state index contributed by atoms with van der Waals surface area (Å²) in [6.07, 6.45) is 0.962. The Morgan fingerprint density at radius 1 is 1.23 bits per heavy atom. The van der Waals surface area contributed by atoms with Gasteiger partial charge in [-0.25, -0.2) is 0 Å². The van der Waals surface area contributed by atoms with Crippen molar-refractivity contribution in [3.05, 3.63) is 0 Å². The van der Waals surface area contributed by atoms with E-state index in [1.807, 2.05) is 0 Å². The molecule has 0 saturated heterocycles. The van der Waals surface area contributed by atoms with Crippen molar-refractivity contribution < 1.29 is 13.3 Å². The third kappa shape index (κ3) is 4.73. The van der Waals surface area contributed by atoms with Gasteiger partial charge in [-0.1, -0.05) is 13.3 Å². The lowest BCUT2D eigenvalue weighted by atomic mass is 10.4. The molecule has 0 heterocycles. The first-order valence-electron chi connectivity index (χ1n) is 4.48. The molecule has 0 atom stereocenters. The Morgan fingerprint density at radius 3 is 1.92 bits per heavy atom. The maximum atomic E-state index is 5.76. The summed E-state index contributed by atoms with van der Waals surface area (Å²) in [5.74, 6) is 0. The zero-order valence-corrected chi connectivity index (χ0v) is 10.2. The van der Waals surface area contributed by atoms with E-state index in [4.69, 9.17) is 19.0 Å². The molecule has 13 heavy (non-hydrogen) atoms. The van der Waals surface area contributed by atoms with Crippen LogP contribution in [0.3, 0.4) is 0 Å². The summed E-state index contributed by atoms with van der Waals surface area (Å²) < 4.78 is 16.3. The van der Waals surface area contributed by atoms with Gasteiger partial charge in [0, 0.05) is 20.3 Å². The van der Waals surface area contributed by atoms with Gasteiger partial charge >= 0.3 is 8.80 Å². The maximum Gasteiger partial charge on any atom is 0.501 e. The van der Waals surface area contributed by atoms with E-state index in [9.17, 15) is 0 Å². The average Bonchev–Trinajstić information content (AvgIpc) is 2.01. The molecule has 0 fully saturated rings. The van der Waals surface area contributed by atoms with Crippen LogP contribution in [-0.2, 0) is 13.3 Å². The van der Waals surface area contributed by atoms with Gasteiger partial charge in [-0.05, 0) is 13.8 Å². The largest absolute Gasteiger partial charge is 0.501 e. The molecule has 0 aromatic carbocycles. The quantitative estimate of drug-likeness (QED) is 0.527. The smallest absolute Gasteiger partial charge is 0.377 e. The molecule has 0 aliphatic heterocycles. The molecule has 5 heteroatoms. The molecule has 0 aromatic rings. The van der Waals surface area contributed by atoms with Crippen LogP contribution in [0.2, 0.25) is 6.04 Å². The molecular formula is C8H21NO3Si. The molecule has 0 aliphatic rings. The van der Waals surface area contributed by atoms with Crippen LogP contribution in [0, 0.1) is 0 Å². The summed E-state index contributed by atoms with van der Waals surface area (Å²) in [7, 11) is 0.713. The topological polar surface area (TPSA) is 53.7 Å². The van der Waals surface area contributed by atoms with E-state index in [1.54, 1.807) is 28.1 Å². The van der Waals surface area contributed by atoms with E-state index in [0.717, 1.165) is 12.5 Å². The summed E-state index contributed by atoms with van der Waals surface area (Å²) >= 11 is 0. The molecule has 0 unspecified atom stereocenters. The highest BCUT2D eigenvalue weighted by Gasteiger charge is 2.41. The molecule has 0 spiro atoms. The normalized spacial score (nSPS) is 13.4. The van der Waals surface area contributed by atoms with Crippen molar-refractivity contribution >= 4 is 8.80 Å². The van der Waals surface area contributed by atoms with Crippen LogP contribution in [0.4, 0.5) is 0 Å². The Kier molecular flexibility index (Phi) is 5.09. The van der Waals surface area contributed by atoms with Crippen molar-refractivity contribution in [1.29, 1.82) is 0 Å². The Bertz CT molecular complexity index is 143. The first-order valence-corrected chi connectivity index (χ1v) is 6.41. The van der Waals surface area contributed by atoms with Gasteiger partial charge in [-0.15, -0.1) is 0 Å². The SMILES string of the molecule is CCC[Si](OC)(OC)OC(C)(C)N. The molecule has 0 aromatic heterocycles. The summed E-state index contributed by atoms with van der Waals surface area (Å²) in [5, 5.41) is 0. The van der Waals surface area contributed by atoms with E-state index < -0.39 is 14.5 Å². The van der Waals surface area contributed by atoms with Gasteiger partial charge in [-0.2, -0.15) is 0 Å². The predicted molar refractivity (Wildman–Crippen MR) is 54.2 cm³/mol. The second-order valence-electron chi connectivity index (χ2n) is 3.55. The third-order valence-corrected chi connectivity index (χ3v) is 4.79. The molecular weight excluding hydrogens is 186 g/mol. The number of hydrogen-bond acceptors (Lipinski definition) is 4. The maximum absolute atomic E-state index is 5.76. The zero-order chi connectivity index (χ0) is 10.5. The molecule has 0 radical (unpaired) electrons. The van der Waals surface area contributed by atoms with Crippen LogP contribution in [-0.4, -0.2) is 28.7 Å². The van der Waals surface area contributed by atoms with Crippen molar-refractivity contribution in [3.63, 3.8) is 0 Å². The van der Waals surface area contributed by atoms with Crippen LogP contribution in [0.25, 0.3) is 0 Å². The van der Waals surface area contributed by atoms with Crippen LogP contribution >= 0.6 is 0 Å². The minimum atomic E-state index is -2.50. The van der Waals surface area contributed by atoms with Crippen molar-refractivity contribution in [1.82, 2.24) is 0 Å². The second kappa shape index (κ2) is 5.07. The fourth-order valence-electron chi connectivity index (χ4n) is 1.13. The third-order valence-electron chi connectivity index (χ3n) is 1.60. The zero-order valence-electron chi connectivity index (χ0n) is 9.22. The highest BCUT2D eigenvalue weighted by Crippen LogP contribution is 2.20. The fourth-order valence-corrected chi connectivity index (χ4v) is 3.39. The van der Waals surface area contributed by atoms with Gasteiger partial charge < -0.3 is 19.0 Å². The average molecular weight is 207 g/mol. The molecule has 0 saturated carbocycles. The van der Waals surface area contributed by atoms with Gasteiger partial charge in [0.2, 0.25) is 0 Å². The highest BCUT2D eigenvalue weighted by atomic mass is 28.4. The summed E-state index contributed by atoms with van der Waals surface area (Å²) in [5.41, 5.74) is 5.05. The molecule has 0 amide bonds. The predicted octanol–water partition coefficient (Wildman–Crippen LogP) is 1.34. The Morgan fingerprint density at radius 2 is 1.69 bits per heavy atom. The highest BCUT2D eigenvalue weighted by molar-refractivity contribution is 6.60. The van der Waals surface area contributed by atoms with Crippen molar-refractivity contribution in [2.24, 2.45) is 5.73 Å². The van der Waals surface area contributed by atoms with E-state index in [2.05, 4.69) is 6.92 Å². The van der Waals surface area contributed by atoms with Crippen molar-refractivity contribution in [2.75, 3.05) is 14.2 Å². The lowest BCUT2D eigenvalue weighted by Crippen LogP contribution is -2.53. The molecule has 80 valence electrons. The van der Waals surface area contributed by atoms with Crippen LogP contribution in [0.15, 0.2) is 0 Å². The molecule has 2 N–H and O–H groups in total. The minimum Gasteiger partial charge on any atom is -0.377 e. The molecule has 4 nitrogen and oxygen atoms in total. The standard InChI is InChI=1S/C8H21NO3Si/c1-6-7-13(10-4,11-5)12-8(2,3)9/h6-7,9H2,1-5H3. The van der Waals surface area contributed by atoms with E-state index in [0.29, 0.717) is 0 Å². The number of nitrogens with two attached hydrogens (primary N) is 1. The first kappa shape index (κ1) is 13.1. The van der Waals surface area contributed by atoms with E-state index in [1.165, 1.54) is 0 Å². The van der Waals surface area contributed by atoms with Crippen LogP contribution in [0.5, 0.6) is 0 Å². The Hall–Kier alpha value is 0.0569. The lowest BCUT2D eigenvalue weighted by Gasteiger charge is -2.33. The van der Waals surface area contributed by atoms with Crippen LogP contribution < -0.4 is 5.73 Å². The van der Waals surface area contributed by atoms with Crippen molar-refractivity contribution in [3.8, 4) is 0 Å². The van der Waals surface area contributed by atoms with E-state index >= 15 is 0 Å². The van der Waals surface area contributed by atoms with Gasteiger partial charge in [0.25, 0.3) is 0 Å². The first-order chi connectivity index (χ1) is 5.89. The van der Waals surface area contributed by atoms with Gasteiger partial charge in [-0.3, -0.25) is 0 Å². The minimum absolute atomic E-state index is 0.701. The molecule has 0 bridgehead atoms. The Labute approximate surface area is 81.7 Å².